The highest BCUT2D eigenvalue weighted by atomic mass is 16.6. The first-order chi connectivity index (χ1) is 13.9. The third kappa shape index (κ3) is 5.57. The van der Waals surface area contributed by atoms with Crippen molar-refractivity contribution in [3.8, 4) is 0 Å². The van der Waals surface area contributed by atoms with Crippen LogP contribution in [-0.2, 0) is 11.3 Å². The molecule has 1 N–H and O–H groups in total. The number of benzene rings is 2. The van der Waals surface area contributed by atoms with E-state index in [2.05, 4.69) is 11.9 Å². The Bertz CT molecular complexity index is 845. The van der Waals surface area contributed by atoms with Crippen molar-refractivity contribution < 1.29 is 19.4 Å². The van der Waals surface area contributed by atoms with E-state index >= 15 is 0 Å². The van der Waals surface area contributed by atoms with E-state index in [4.69, 9.17) is 4.74 Å². The van der Waals surface area contributed by atoms with Crippen molar-refractivity contribution in [2.24, 2.45) is 5.92 Å². The first-order valence-electron chi connectivity index (χ1n) is 9.94. The SMILES string of the molecule is Cc1ccc(C(=O)O)cc1N(CC1CCN(C)CC1)C(=O)OCc1ccccc1. The van der Waals surface area contributed by atoms with E-state index in [0.29, 0.717) is 18.2 Å². The summed E-state index contributed by atoms with van der Waals surface area (Å²) in [5.74, 6) is -0.661. The fourth-order valence-corrected chi connectivity index (χ4v) is 3.60. The zero-order chi connectivity index (χ0) is 20.8. The minimum atomic E-state index is -1.01. The highest BCUT2D eigenvalue weighted by Gasteiger charge is 2.26. The third-order valence-electron chi connectivity index (χ3n) is 5.45. The smallest absolute Gasteiger partial charge is 0.414 e. The number of carboxylic acid groups (broad SMARTS) is 1. The molecular weight excluding hydrogens is 368 g/mol. The Balaban J connectivity index is 1.82. The molecule has 29 heavy (non-hydrogen) atoms. The van der Waals surface area contributed by atoms with Crippen LogP contribution in [-0.4, -0.2) is 48.8 Å². The van der Waals surface area contributed by atoms with Gasteiger partial charge in [0.1, 0.15) is 6.61 Å². The number of aryl methyl sites for hydroxylation is 1. The van der Waals surface area contributed by atoms with E-state index < -0.39 is 12.1 Å². The topological polar surface area (TPSA) is 70.1 Å². The van der Waals surface area contributed by atoms with Crippen molar-refractivity contribution in [3.63, 3.8) is 0 Å². The summed E-state index contributed by atoms with van der Waals surface area (Å²) < 4.78 is 5.59. The fraction of sp³-hybridized carbons (Fsp3) is 0.391. The van der Waals surface area contributed by atoms with Gasteiger partial charge in [-0.2, -0.15) is 0 Å². The zero-order valence-corrected chi connectivity index (χ0v) is 17.0. The van der Waals surface area contributed by atoms with Crippen LogP contribution < -0.4 is 4.90 Å². The Hall–Kier alpha value is -2.86. The van der Waals surface area contributed by atoms with Gasteiger partial charge in [-0.25, -0.2) is 9.59 Å². The summed E-state index contributed by atoms with van der Waals surface area (Å²) >= 11 is 0. The predicted molar refractivity (Wildman–Crippen MR) is 112 cm³/mol. The third-order valence-corrected chi connectivity index (χ3v) is 5.45. The van der Waals surface area contributed by atoms with Crippen molar-refractivity contribution in [3.05, 3.63) is 65.2 Å². The van der Waals surface area contributed by atoms with E-state index in [1.165, 1.54) is 0 Å². The predicted octanol–water partition coefficient (Wildman–Crippen LogP) is 4.18. The molecule has 0 aliphatic carbocycles. The minimum Gasteiger partial charge on any atom is -0.478 e. The molecule has 1 fully saturated rings. The molecule has 1 saturated heterocycles. The summed E-state index contributed by atoms with van der Waals surface area (Å²) in [6.07, 6.45) is 1.55. The Morgan fingerprint density at radius 1 is 1.14 bits per heavy atom. The molecular formula is C23H28N2O4. The Morgan fingerprint density at radius 3 is 2.48 bits per heavy atom. The molecule has 1 amide bonds. The molecule has 2 aromatic carbocycles. The number of anilines is 1. The van der Waals surface area contributed by atoms with Crippen LogP contribution in [0.5, 0.6) is 0 Å². The lowest BCUT2D eigenvalue weighted by Gasteiger charge is -2.33. The summed E-state index contributed by atoms with van der Waals surface area (Å²) in [7, 11) is 2.10. The number of hydrogen-bond donors (Lipinski definition) is 1. The van der Waals surface area contributed by atoms with Gasteiger partial charge in [-0.3, -0.25) is 4.90 Å². The van der Waals surface area contributed by atoms with Gasteiger partial charge in [0.15, 0.2) is 0 Å². The average Bonchev–Trinajstić information content (AvgIpc) is 2.73. The van der Waals surface area contributed by atoms with Crippen LogP contribution in [0.15, 0.2) is 48.5 Å². The number of hydrogen-bond acceptors (Lipinski definition) is 4. The van der Waals surface area contributed by atoms with Crippen LogP contribution in [0.2, 0.25) is 0 Å². The maximum atomic E-state index is 13.0. The van der Waals surface area contributed by atoms with Gasteiger partial charge in [0.2, 0.25) is 0 Å². The maximum absolute atomic E-state index is 13.0. The molecule has 0 spiro atoms. The number of nitrogens with zero attached hydrogens (tertiary/aromatic N) is 2. The van der Waals surface area contributed by atoms with Crippen molar-refractivity contribution >= 4 is 17.7 Å². The molecule has 0 saturated carbocycles. The average molecular weight is 396 g/mol. The number of carbonyl (C=O) groups excluding carboxylic acids is 1. The second kappa shape index (κ2) is 9.56. The Morgan fingerprint density at radius 2 is 1.83 bits per heavy atom. The number of rotatable bonds is 6. The largest absolute Gasteiger partial charge is 0.478 e. The van der Waals surface area contributed by atoms with Gasteiger partial charge in [0.05, 0.1) is 11.3 Å². The van der Waals surface area contributed by atoms with Crippen LogP contribution in [0.4, 0.5) is 10.5 Å². The van der Waals surface area contributed by atoms with Crippen LogP contribution in [0.1, 0.15) is 34.3 Å². The van der Waals surface area contributed by atoms with E-state index in [1.807, 2.05) is 37.3 Å². The van der Waals surface area contributed by atoms with E-state index in [-0.39, 0.29) is 12.2 Å². The number of carboxylic acids is 1. The monoisotopic (exact) mass is 396 g/mol. The van der Waals surface area contributed by atoms with Crippen LogP contribution >= 0.6 is 0 Å². The summed E-state index contributed by atoms with van der Waals surface area (Å²) in [5, 5.41) is 9.38. The number of amides is 1. The molecule has 6 nitrogen and oxygen atoms in total. The first kappa shape index (κ1) is 20.9. The van der Waals surface area contributed by atoms with E-state index in [9.17, 15) is 14.7 Å². The quantitative estimate of drug-likeness (QED) is 0.793. The molecule has 1 aliphatic rings. The second-order valence-electron chi connectivity index (χ2n) is 7.70. The number of aromatic carboxylic acids is 1. The minimum absolute atomic E-state index is 0.162. The Kier molecular flexibility index (Phi) is 6.88. The second-order valence-corrected chi connectivity index (χ2v) is 7.70. The molecule has 0 atom stereocenters. The van der Waals surface area contributed by atoms with E-state index in [1.54, 1.807) is 23.1 Å². The van der Waals surface area contributed by atoms with Gasteiger partial charge in [-0.1, -0.05) is 36.4 Å². The van der Waals surface area contributed by atoms with Crippen molar-refractivity contribution in [2.75, 3.05) is 31.6 Å². The Labute approximate surface area is 171 Å². The van der Waals surface area contributed by atoms with Crippen LogP contribution in [0.25, 0.3) is 0 Å². The summed E-state index contributed by atoms with van der Waals surface area (Å²) in [6, 6.07) is 14.4. The summed E-state index contributed by atoms with van der Waals surface area (Å²) in [5.41, 5.74) is 2.52. The number of ether oxygens (including phenoxy) is 1. The molecule has 0 bridgehead atoms. The normalized spacial score (nSPS) is 15.1. The molecule has 1 heterocycles. The number of piperidine rings is 1. The van der Waals surface area contributed by atoms with Gasteiger partial charge in [0.25, 0.3) is 0 Å². The van der Waals surface area contributed by atoms with Gasteiger partial charge < -0.3 is 14.7 Å². The molecule has 154 valence electrons. The summed E-state index contributed by atoms with van der Waals surface area (Å²) in [4.78, 5) is 28.4. The molecule has 3 rings (SSSR count). The zero-order valence-electron chi connectivity index (χ0n) is 17.0. The van der Waals surface area contributed by atoms with Gasteiger partial charge in [-0.05, 0) is 69.1 Å². The highest BCUT2D eigenvalue weighted by molar-refractivity contribution is 5.93. The molecule has 1 aliphatic heterocycles. The fourth-order valence-electron chi connectivity index (χ4n) is 3.60. The van der Waals surface area contributed by atoms with Crippen LogP contribution in [0, 0.1) is 12.8 Å². The number of carbonyl (C=O) groups is 2. The maximum Gasteiger partial charge on any atom is 0.414 e. The molecule has 2 aromatic rings. The van der Waals surface area contributed by atoms with Gasteiger partial charge in [-0.15, -0.1) is 0 Å². The highest BCUT2D eigenvalue weighted by Crippen LogP contribution is 2.27. The van der Waals surface area contributed by atoms with Crippen molar-refractivity contribution in [2.45, 2.75) is 26.4 Å². The van der Waals surface area contributed by atoms with Crippen molar-refractivity contribution in [1.29, 1.82) is 0 Å². The van der Waals surface area contributed by atoms with Crippen LogP contribution in [0.3, 0.4) is 0 Å². The summed E-state index contributed by atoms with van der Waals surface area (Å²) in [6.45, 7) is 4.57. The van der Waals surface area contributed by atoms with E-state index in [0.717, 1.165) is 37.1 Å². The van der Waals surface area contributed by atoms with Crippen molar-refractivity contribution in [1.82, 2.24) is 4.90 Å². The van der Waals surface area contributed by atoms with Gasteiger partial charge in [0, 0.05) is 6.54 Å². The van der Waals surface area contributed by atoms with Gasteiger partial charge >= 0.3 is 12.1 Å². The molecule has 0 radical (unpaired) electrons. The standard InChI is InChI=1S/C23H28N2O4/c1-17-8-9-20(22(26)27)14-21(17)25(15-18-10-12-24(2)13-11-18)23(28)29-16-19-6-4-3-5-7-19/h3-9,14,18H,10-13,15-16H2,1-2H3,(H,26,27). The lowest BCUT2D eigenvalue weighted by Crippen LogP contribution is -2.40. The lowest BCUT2D eigenvalue weighted by atomic mass is 9.96. The first-order valence-corrected chi connectivity index (χ1v) is 9.94. The lowest BCUT2D eigenvalue weighted by molar-refractivity contribution is 0.0696. The molecule has 6 heteroatoms. The molecule has 0 unspecified atom stereocenters. The molecule has 0 aromatic heterocycles. The number of likely N-dealkylation sites (tertiary alicyclic amines) is 1.